The fourth-order valence-corrected chi connectivity index (χ4v) is 1.96. The Morgan fingerprint density at radius 3 is 2.71 bits per heavy atom. The Labute approximate surface area is 105 Å². The predicted octanol–water partition coefficient (Wildman–Crippen LogP) is 3.09. The maximum absolute atomic E-state index is 5.02. The lowest BCUT2D eigenvalue weighted by Gasteiger charge is -1.93. The van der Waals surface area contributed by atoms with E-state index in [0.717, 1.165) is 12.1 Å². The van der Waals surface area contributed by atoms with Crippen LogP contribution < -0.4 is 11.3 Å². The number of para-hydroxylation sites is 1. The molecule has 0 bridgehead atoms. The van der Waals surface area contributed by atoms with E-state index in [-0.39, 0.29) is 4.70 Å². The highest BCUT2D eigenvalue weighted by Crippen LogP contribution is 2.15. The maximum Gasteiger partial charge on any atom is 0.0812 e. The van der Waals surface area contributed by atoms with Gasteiger partial charge in [0.1, 0.15) is 0 Å². The van der Waals surface area contributed by atoms with E-state index >= 15 is 0 Å². The van der Waals surface area contributed by atoms with Crippen LogP contribution in [0.15, 0.2) is 29.8 Å². The van der Waals surface area contributed by atoms with Gasteiger partial charge >= 0.3 is 0 Å². The summed E-state index contributed by atoms with van der Waals surface area (Å²) in [6, 6.07) is 8.13. The first-order chi connectivity index (χ1) is 7.88. The number of rotatable bonds is 4. The molecule has 0 aliphatic carbocycles. The number of thiazole rings is 1. The zero-order valence-corrected chi connectivity index (χ0v) is 10.9. The summed E-state index contributed by atoms with van der Waals surface area (Å²) in [6.07, 6.45) is 3.75. The molecular formula is C12H20FN3S. The number of nitrogens with zero attached hydrogens (tertiary/aromatic N) is 1. The molecule has 3 nitrogen and oxygen atoms in total. The van der Waals surface area contributed by atoms with E-state index in [1.807, 2.05) is 23.7 Å². The predicted molar refractivity (Wildman–Crippen MR) is 73.8 cm³/mol. The first-order valence-electron chi connectivity index (χ1n) is 5.60. The smallest absolute Gasteiger partial charge is 0.0812 e. The third kappa shape index (κ3) is 6.31. The molecule has 0 fully saturated rings. The quantitative estimate of drug-likeness (QED) is 0.503. The van der Waals surface area contributed by atoms with E-state index in [1.165, 1.54) is 24.0 Å². The number of nitrogens with two attached hydrogens (primary N) is 1. The average Bonchev–Trinajstić information content (AvgIpc) is 2.78. The first kappa shape index (κ1) is 16.0. The minimum Gasteiger partial charge on any atom is -0.271 e. The van der Waals surface area contributed by atoms with Gasteiger partial charge in [0, 0.05) is 6.54 Å². The van der Waals surface area contributed by atoms with Gasteiger partial charge in [-0.15, -0.1) is 11.3 Å². The van der Waals surface area contributed by atoms with Gasteiger partial charge in [-0.25, -0.2) is 4.98 Å². The molecule has 17 heavy (non-hydrogen) atoms. The summed E-state index contributed by atoms with van der Waals surface area (Å²) in [7, 11) is 0. The molecule has 1 aromatic heterocycles. The van der Waals surface area contributed by atoms with Gasteiger partial charge in [0.15, 0.2) is 0 Å². The molecular weight excluding hydrogens is 237 g/mol. The van der Waals surface area contributed by atoms with Crippen LogP contribution in [0.4, 0.5) is 4.70 Å². The van der Waals surface area contributed by atoms with Gasteiger partial charge in [0.25, 0.3) is 0 Å². The summed E-state index contributed by atoms with van der Waals surface area (Å²) in [5.74, 6) is 5.02. The highest BCUT2D eigenvalue weighted by Gasteiger charge is 1.89. The first-order valence-corrected chi connectivity index (χ1v) is 6.48. The Bertz CT molecular complexity index is 358. The molecule has 0 saturated carbocycles. The van der Waals surface area contributed by atoms with Gasteiger partial charge in [-0.1, -0.05) is 31.9 Å². The fourth-order valence-electron chi connectivity index (χ4n) is 1.28. The topological polar surface area (TPSA) is 50.9 Å². The lowest BCUT2D eigenvalue weighted by molar-refractivity contribution is 0.637. The van der Waals surface area contributed by atoms with Crippen molar-refractivity contribution < 1.29 is 4.70 Å². The summed E-state index contributed by atoms with van der Waals surface area (Å²) in [4.78, 5) is 4.14. The van der Waals surface area contributed by atoms with E-state index < -0.39 is 0 Å². The zero-order chi connectivity index (χ0) is 11.6. The van der Waals surface area contributed by atoms with E-state index in [4.69, 9.17) is 5.84 Å². The highest BCUT2D eigenvalue weighted by atomic mass is 32.1. The fraction of sp³-hybridized carbons (Fsp3) is 0.417. The van der Waals surface area contributed by atoms with Crippen molar-refractivity contribution in [1.82, 2.24) is 10.4 Å². The van der Waals surface area contributed by atoms with E-state index in [1.54, 1.807) is 11.3 Å². The molecule has 3 N–H and O–H groups in total. The van der Waals surface area contributed by atoms with Gasteiger partial charge in [0.2, 0.25) is 0 Å². The van der Waals surface area contributed by atoms with E-state index in [0.29, 0.717) is 0 Å². The number of hydrogen-bond donors (Lipinski definition) is 2. The minimum atomic E-state index is 0. The molecule has 0 amide bonds. The van der Waals surface area contributed by atoms with Crippen LogP contribution in [0.2, 0.25) is 0 Å². The molecule has 0 radical (unpaired) electrons. The summed E-state index contributed by atoms with van der Waals surface area (Å²) in [5, 5.41) is 0. The number of unbranched alkanes of at least 4 members (excludes halogenated alkanes) is 2. The Kier molecular flexibility index (Phi) is 9.52. The molecule has 0 unspecified atom stereocenters. The van der Waals surface area contributed by atoms with Crippen LogP contribution in [0.3, 0.4) is 0 Å². The van der Waals surface area contributed by atoms with Crippen LogP contribution >= 0.6 is 11.3 Å². The van der Waals surface area contributed by atoms with Gasteiger partial charge < -0.3 is 0 Å². The summed E-state index contributed by atoms with van der Waals surface area (Å²) >= 11 is 1.68. The third-order valence-corrected chi connectivity index (χ3v) is 2.97. The normalized spacial score (nSPS) is 9.29. The van der Waals surface area contributed by atoms with E-state index in [9.17, 15) is 0 Å². The summed E-state index contributed by atoms with van der Waals surface area (Å²) in [5.41, 5.74) is 5.57. The number of hydrogen-bond acceptors (Lipinski definition) is 4. The van der Waals surface area contributed by atoms with Gasteiger partial charge in [-0.3, -0.25) is 16.0 Å². The molecule has 0 atom stereocenters. The largest absolute Gasteiger partial charge is 0.271 e. The molecule has 1 aromatic carbocycles. The Balaban J connectivity index is 0.000000296. The minimum absolute atomic E-state index is 0. The number of aromatic nitrogens is 1. The number of fused-ring (bicyclic) bond motifs is 1. The van der Waals surface area contributed by atoms with Crippen LogP contribution in [0.25, 0.3) is 10.2 Å². The second-order valence-electron chi connectivity index (χ2n) is 3.48. The van der Waals surface area contributed by atoms with Crippen LogP contribution in [0.5, 0.6) is 0 Å². The van der Waals surface area contributed by atoms with Gasteiger partial charge in [0.05, 0.1) is 15.7 Å². The van der Waals surface area contributed by atoms with Crippen LogP contribution in [0.1, 0.15) is 26.2 Å². The zero-order valence-electron chi connectivity index (χ0n) is 10.1. The Morgan fingerprint density at radius 2 is 2.06 bits per heavy atom. The number of benzene rings is 1. The Hall–Kier alpha value is -1.04. The molecule has 0 aliphatic rings. The van der Waals surface area contributed by atoms with Crippen molar-refractivity contribution in [3.63, 3.8) is 0 Å². The number of nitrogens with one attached hydrogen (secondary N) is 1. The summed E-state index contributed by atoms with van der Waals surface area (Å²) < 4.78 is 1.26. The van der Waals surface area contributed by atoms with Gasteiger partial charge in [-0.05, 0) is 18.6 Å². The molecule has 0 spiro atoms. The molecule has 2 rings (SSSR count). The Morgan fingerprint density at radius 1 is 1.29 bits per heavy atom. The van der Waals surface area contributed by atoms with E-state index in [2.05, 4.69) is 23.4 Å². The summed E-state index contributed by atoms with van der Waals surface area (Å²) in [6.45, 7) is 3.13. The lowest BCUT2D eigenvalue weighted by Crippen LogP contribution is -2.22. The molecule has 5 heteroatoms. The van der Waals surface area contributed by atoms with Crippen molar-refractivity contribution in [2.75, 3.05) is 6.54 Å². The molecule has 0 aliphatic heterocycles. The lowest BCUT2D eigenvalue weighted by atomic mass is 10.3. The van der Waals surface area contributed by atoms with Crippen molar-refractivity contribution in [3.8, 4) is 0 Å². The van der Waals surface area contributed by atoms with Crippen molar-refractivity contribution in [3.05, 3.63) is 29.8 Å². The SMILES string of the molecule is CCCCCNN.F.c1ccc2scnc2c1. The van der Waals surface area contributed by atoms with Crippen LogP contribution in [-0.2, 0) is 0 Å². The van der Waals surface area contributed by atoms with Crippen molar-refractivity contribution >= 4 is 21.6 Å². The highest BCUT2D eigenvalue weighted by molar-refractivity contribution is 7.16. The third-order valence-electron chi connectivity index (χ3n) is 2.16. The average molecular weight is 257 g/mol. The molecule has 96 valence electrons. The maximum atomic E-state index is 5.02. The molecule has 2 aromatic rings. The molecule has 0 saturated heterocycles. The van der Waals surface area contributed by atoms with Crippen LogP contribution in [-0.4, -0.2) is 11.5 Å². The standard InChI is InChI=1S/C7H5NS.C5H14N2.FH/c1-2-4-7-6(3-1)8-5-9-7;1-2-3-4-5-7-6;/h1-5H;7H,2-6H2,1H3;1H. The van der Waals surface area contributed by atoms with Crippen molar-refractivity contribution in [2.24, 2.45) is 5.84 Å². The molecule has 1 heterocycles. The van der Waals surface area contributed by atoms with Crippen LogP contribution in [0, 0.1) is 0 Å². The van der Waals surface area contributed by atoms with Gasteiger partial charge in [-0.2, -0.15) is 0 Å². The van der Waals surface area contributed by atoms with Crippen molar-refractivity contribution in [2.45, 2.75) is 26.2 Å². The number of halogens is 1. The monoisotopic (exact) mass is 257 g/mol. The number of hydrazine groups is 1. The van der Waals surface area contributed by atoms with Crippen molar-refractivity contribution in [1.29, 1.82) is 0 Å². The second-order valence-corrected chi connectivity index (χ2v) is 4.37. The second kappa shape index (κ2) is 10.1.